The van der Waals surface area contributed by atoms with Crippen molar-refractivity contribution in [2.24, 2.45) is 5.73 Å². The van der Waals surface area contributed by atoms with Crippen LogP contribution in [0.15, 0.2) is 43.0 Å². The third kappa shape index (κ3) is 5.32. The van der Waals surface area contributed by atoms with Crippen LogP contribution in [0.1, 0.15) is 50.4 Å². The lowest BCUT2D eigenvalue weighted by molar-refractivity contribution is 0.410. The van der Waals surface area contributed by atoms with Crippen LogP contribution in [0.2, 0.25) is 0 Å². The Bertz CT molecular complexity index is 1210. The number of nitrogens with one attached hydrogen (secondary N) is 2. The maximum atomic E-state index is 6.08. The molecule has 10 heteroatoms. The highest BCUT2D eigenvalue weighted by Gasteiger charge is 2.21. The van der Waals surface area contributed by atoms with Crippen LogP contribution >= 0.6 is 23.7 Å². The number of hydrogen-bond acceptors (Lipinski definition) is 8. The number of thiophene rings is 1. The molecule has 0 amide bonds. The largest absolute Gasteiger partial charge is 0.363 e. The first kappa shape index (κ1) is 24.4. The number of hydrogen-bond donors (Lipinski definition) is 3. The van der Waals surface area contributed by atoms with Gasteiger partial charge in [-0.3, -0.25) is 4.98 Å². The summed E-state index contributed by atoms with van der Waals surface area (Å²) < 4.78 is 2.09. The molecule has 0 bridgehead atoms. The zero-order valence-corrected chi connectivity index (χ0v) is 21.1. The Morgan fingerprint density at radius 3 is 2.71 bits per heavy atom. The number of halogens is 1. The summed E-state index contributed by atoms with van der Waals surface area (Å²) in [5.41, 5.74) is 8.85. The maximum Gasteiger partial charge on any atom is 0.227 e. The number of fused-ring (bicyclic) bond motifs is 1. The van der Waals surface area contributed by atoms with Crippen molar-refractivity contribution in [3.05, 3.63) is 47.9 Å². The minimum absolute atomic E-state index is 0. The predicted octanol–water partition coefficient (Wildman–Crippen LogP) is 5.25. The molecule has 4 heterocycles. The number of anilines is 2. The van der Waals surface area contributed by atoms with Gasteiger partial charge in [0.05, 0.1) is 12.9 Å². The second-order valence-corrected chi connectivity index (χ2v) is 10.1. The van der Waals surface area contributed by atoms with Gasteiger partial charge in [0, 0.05) is 45.8 Å². The molecule has 5 rings (SSSR count). The van der Waals surface area contributed by atoms with Crippen LogP contribution in [0.4, 0.5) is 11.8 Å². The monoisotopic (exact) mass is 498 g/mol. The summed E-state index contributed by atoms with van der Waals surface area (Å²) in [5.74, 6) is 1.40. The van der Waals surface area contributed by atoms with E-state index in [0.717, 1.165) is 48.2 Å². The second kappa shape index (κ2) is 10.7. The number of imidazole rings is 1. The lowest BCUT2D eigenvalue weighted by Crippen LogP contribution is -2.33. The number of nitrogens with two attached hydrogens (primary N) is 1. The van der Waals surface area contributed by atoms with Gasteiger partial charge in [0.2, 0.25) is 5.95 Å². The maximum absolute atomic E-state index is 6.08. The van der Waals surface area contributed by atoms with Crippen LogP contribution in [-0.4, -0.2) is 36.6 Å². The highest BCUT2D eigenvalue weighted by Crippen LogP contribution is 2.29. The number of pyridine rings is 1. The van der Waals surface area contributed by atoms with Gasteiger partial charge in [0.15, 0.2) is 17.0 Å². The molecule has 0 unspecified atom stereocenters. The van der Waals surface area contributed by atoms with E-state index >= 15 is 0 Å². The van der Waals surface area contributed by atoms with Crippen LogP contribution in [0, 0.1) is 0 Å². The zero-order chi connectivity index (χ0) is 22.8. The molecule has 0 saturated heterocycles. The molecule has 1 aliphatic carbocycles. The summed E-state index contributed by atoms with van der Waals surface area (Å²) in [5, 5.41) is 7.06. The third-order valence-electron chi connectivity index (χ3n) is 6.12. The molecule has 0 aromatic carbocycles. The second-order valence-electron chi connectivity index (χ2n) is 8.93. The van der Waals surface area contributed by atoms with Crippen LogP contribution in [-0.2, 0) is 6.54 Å². The molecule has 0 aliphatic heterocycles. The van der Waals surface area contributed by atoms with E-state index in [4.69, 9.17) is 15.7 Å². The summed E-state index contributed by atoms with van der Waals surface area (Å²) in [7, 11) is 0. The first-order valence-electron chi connectivity index (χ1n) is 11.6. The Morgan fingerprint density at radius 2 is 1.97 bits per heavy atom. The van der Waals surface area contributed by atoms with Gasteiger partial charge in [0.25, 0.3) is 0 Å². The molecule has 4 aromatic heterocycles. The average Bonchev–Trinajstić information content (AvgIpc) is 3.47. The minimum atomic E-state index is 0. The van der Waals surface area contributed by atoms with Gasteiger partial charge >= 0.3 is 0 Å². The molecular formula is C24H31ClN8S. The number of nitrogens with zero attached hydrogens (tertiary/aromatic N) is 5. The van der Waals surface area contributed by atoms with E-state index in [9.17, 15) is 0 Å². The molecule has 1 aliphatic rings. The van der Waals surface area contributed by atoms with Gasteiger partial charge < -0.3 is 20.9 Å². The molecule has 8 nitrogen and oxygen atoms in total. The van der Waals surface area contributed by atoms with Gasteiger partial charge in [0.1, 0.15) is 0 Å². The van der Waals surface area contributed by atoms with E-state index in [1.165, 1.54) is 9.75 Å². The van der Waals surface area contributed by atoms with Crippen molar-refractivity contribution in [3.63, 3.8) is 0 Å². The topological polar surface area (TPSA) is 107 Å². The fourth-order valence-corrected chi connectivity index (χ4v) is 5.17. The van der Waals surface area contributed by atoms with E-state index in [0.29, 0.717) is 24.6 Å². The fraction of sp³-hybridized carbons (Fsp3) is 0.417. The van der Waals surface area contributed by atoms with Crippen LogP contribution in [0.3, 0.4) is 0 Å². The van der Waals surface area contributed by atoms with Crippen LogP contribution < -0.4 is 16.4 Å². The summed E-state index contributed by atoms with van der Waals surface area (Å²) >= 11 is 1.75. The third-order valence-corrected chi connectivity index (χ3v) is 7.25. The molecule has 0 spiro atoms. The van der Waals surface area contributed by atoms with Gasteiger partial charge in [-0.1, -0.05) is 6.07 Å². The Balaban J connectivity index is 0.00000274. The van der Waals surface area contributed by atoms with Crippen molar-refractivity contribution in [2.45, 2.75) is 64.2 Å². The molecule has 0 atom stereocenters. The van der Waals surface area contributed by atoms with Crippen molar-refractivity contribution in [1.29, 1.82) is 0 Å². The van der Waals surface area contributed by atoms with E-state index in [-0.39, 0.29) is 18.4 Å². The SMILES string of the molecule is CC(C)n1cnc2c(NCc3ccc(-c4cccnc4)s3)nc(NC3CCC(N)CC3)nc21.Cl. The van der Waals surface area contributed by atoms with Gasteiger partial charge in [-0.05, 0) is 57.7 Å². The van der Waals surface area contributed by atoms with Gasteiger partial charge in [-0.2, -0.15) is 9.97 Å². The lowest BCUT2D eigenvalue weighted by atomic mass is 9.92. The van der Waals surface area contributed by atoms with E-state index in [1.807, 2.05) is 18.6 Å². The molecule has 4 aromatic rings. The van der Waals surface area contributed by atoms with Crippen LogP contribution in [0.5, 0.6) is 0 Å². The zero-order valence-electron chi connectivity index (χ0n) is 19.4. The van der Waals surface area contributed by atoms with Gasteiger partial charge in [-0.15, -0.1) is 23.7 Å². The Labute approximate surface area is 209 Å². The van der Waals surface area contributed by atoms with Crippen molar-refractivity contribution >= 4 is 46.7 Å². The molecule has 1 saturated carbocycles. The van der Waals surface area contributed by atoms with Gasteiger partial charge in [-0.25, -0.2) is 4.98 Å². The van der Waals surface area contributed by atoms with E-state index in [2.05, 4.69) is 57.2 Å². The standard InChI is InChI=1S/C24H30N8S.ClH/c1-15(2)32-14-28-21-22(27-13-19-9-10-20(33-19)16-4-3-11-26-12-16)30-24(31-23(21)32)29-18-7-5-17(25)6-8-18;/h3-4,9-12,14-15,17-18H,5-8,13,25H2,1-2H3,(H2,27,29,30,31);1H. The highest BCUT2D eigenvalue weighted by atomic mass is 35.5. The smallest absolute Gasteiger partial charge is 0.227 e. The molecule has 180 valence electrons. The van der Waals surface area contributed by atoms with Crippen molar-refractivity contribution in [2.75, 3.05) is 10.6 Å². The normalized spacial score (nSPS) is 18.1. The average molecular weight is 499 g/mol. The fourth-order valence-electron chi connectivity index (χ4n) is 4.24. The molecular weight excluding hydrogens is 468 g/mol. The quantitative estimate of drug-likeness (QED) is 0.319. The predicted molar refractivity (Wildman–Crippen MR) is 142 cm³/mol. The molecule has 0 radical (unpaired) electrons. The van der Waals surface area contributed by atoms with E-state index < -0.39 is 0 Å². The molecule has 34 heavy (non-hydrogen) atoms. The van der Waals surface area contributed by atoms with Crippen molar-refractivity contribution in [3.8, 4) is 10.4 Å². The van der Waals surface area contributed by atoms with Crippen molar-refractivity contribution in [1.82, 2.24) is 24.5 Å². The highest BCUT2D eigenvalue weighted by molar-refractivity contribution is 7.15. The number of aromatic nitrogens is 5. The molecule has 4 N–H and O–H groups in total. The lowest BCUT2D eigenvalue weighted by Gasteiger charge is -2.27. The summed E-state index contributed by atoms with van der Waals surface area (Å²) in [6.07, 6.45) is 9.70. The van der Waals surface area contributed by atoms with Crippen LogP contribution in [0.25, 0.3) is 21.6 Å². The first-order valence-corrected chi connectivity index (χ1v) is 12.4. The Morgan fingerprint density at radius 1 is 1.15 bits per heavy atom. The van der Waals surface area contributed by atoms with Crippen molar-refractivity contribution < 1.29 is 0 Å². The first-order chi connectivity index (χ1) is 16.1. The van der Waals surface area contributed by atoms with E-state index in [1.54, 1.807) is 17.5 Å². The summed E-state index contributed by atoms with van der Waals surface area (Å²) in [6, 6.07) is 9.26. The Hall–Kier alpha value is -2.75. The Kier molecular flexibility index (Phi) is 7.65. The number of rotatable bonds is 7. The summed E-state index contributed by atoms with van der Waals surface area (Å²) in [4.78, 5) is 20.9. The minimum Gasteiger partial charge on any atom is -0.363 e. The summed E-state index contributed by atoms with van der Waals surface area (Å²) in [6.45, 7) is 4.94. The molecule has 1 fully saturated rings.